The minimum Gasteiger partial charge on any atom is -0.355 e. The Morgan fingerprint density at radius 3 is 2.91 bits per heavy atom. The summed E-state index contributed by atoms with van der Waals surface area (Å²) in [4.78, 5) is 11.7. The molecular formula is C25H22ClFN8. The Hall–Kier alpha value is -3.56. The zero-order valence-electron chi connectivity index (χ0n) is 18.7. The molecule has 0 bridgehead atoms. The number of H-pyrrole nitrogens is 2. The molecule has 176 valence electrons. The lowest BCUT2D eigenvalue weighted by atomic mass is 9.91. The van der Waals surface area contributed by atoms with E-state index in [0.29, 0.717) is 34.3 Å². The molecule has 2 aromatic carbocycles. The first-order chi connectivity index (χ1) is 17.1. The van der Waals surface area contributed by atoms with Crippen LogP contribution in [0.3, 0.4) is 0 Å². The number of aromatic amines is 2. The fourth-order valence-corrected chi connectivity index (χ4v) is 6.44. The fraction of sp³-hybridized carbons (Fsp3) is 0.280. The normalized spacial score (nSPS) is 23.7. The van der Waals surface area contributed by atoms with E-state index in [9.17, 15) is 4.39 Å². The van der Waals surface area contributed by atoms with E-state index in [1.165, 1.54) is 6.07 Å². The van der Waals surface area contributed by atoms with Crippen molar-refractivity contribution in [2.75, 3.05) is 24.5 Å². The van der Waals surface area contributed by atoms with Gasteiger partial charge in [0.25, 0.3) is 0 Å². The monoisotopic (exact) mass is 488 g/mol. The SMILES string of the molecule is NC[C@]1(c2ccccc2F)[C@@H]2CCN(c3cnc4c(-c5ccc6n[nH]cc6c5Cl)n[nH]c4n3)C[C@@H]21. The average molecular weight is 489 g/mol. The molecule has 3 atom stereocenters. The number of hydrogen-bond donors (Lipinski definition) is 3. The van der Waals surface area contributed by atoms with Crippen LogP contribution in [-0.4, -0.2) is 50.0 Å². The topological polar surface area (TPSA) is 112 Å². The fourth-order valence-electron chi connectivity index (χ4n) is 6.14. The Labute approximate surface area is 204 Å². The Bertz CT molecular complexity index is 1600. The van der Waals surface area contributed by atoms with Crippen molar-refractivity contribution in [1.29, 1.82) is 0 Å². The van der Waals surface area contributed by atoms with Gasteiger partial charge in [-0.2, -0.15) is 10.2 Å². The minimum absolute atomic E-state index is 0.169. The number of nitrogens with one attached hydrogen (secondary N) is 2. The molecule has 8 nitrogen and oxygen atoms in total. The summed E-state index contributed by atoms with van der Waals surface area (Å²) < 4.78 is 14.7. The number of fused-ring (bicyclic) bond motifs is 3. The van der Waals surface area contributed by atoms with Gasteiger partial charge in [0.2, 0.25) is 0 Å². The van der Waals surface area contributed by atoms with Gasteiger partial charge in [0.1, 0.15) is 22.8 Å². The highest BCUT2D eigenvalue weighted by Gasteiger charge is 2.66. The number of hydrogen-bond acceptors (Lipinski definition) is 6. The van der Waals surface area contributed by atoms with E-state index in [2.05, 4.69) is 25.3 Å². The van der Waals surface area contributed by atoms with Gasteiger partial charge in [0, 0.05) is 42.2 Å². The van der Waals surface area contributed by atoms with Crippen LogP contribution in [0.1, 0.15) is 12.0 Å². The predicted molar refractivity (Wildman–Crippen MR) is 133 cm³/mol. The molecule has 1 saturated carbocycles. The summed E-state index contributed by atoms with van der Waals surface area (Å²) in [5.74, 6) is 1.27. The van der Waals surface area contributed by atoms with E-state index < -0.39 is 0 Å². The predicted octanol–water partition coefficient (Wildman–Crippen LogP) is 4.04. The van der Waals surface area contributed by atoms with Crippen molar-refractivity contribution < 1.29 is 4.39 Å². The minimum atomic E-state index is -0.304. The Morgan fingerprint density at radius 1 is 1.17 bits per heavy atom. The molecule has 1 saturated heterocycles. The number of halogens is 2. The third-order valence-electron chi connectivity index (χ3n) is 7.93. The number of anilines is 1. The molecular weight excluding hydrogens is 467 g/mol. The average Bonchev–Trinajstić information content (AvgIpc) is 3.18. The Morgan fingerprint density at radius 2 is 2.06 bits per heavy atom. The molecule has 1 aliphatic heterocycles. The van der Waals surface area contributed by atoms with E-state index in [1.807, 2.05) is 24.3 Å². The van der Waals surface area contributed by atoms with Gasteiger partial charge < -0.3 is 10.6 Å². The third-order valence-corrected chi connectivity index (χ3v) is 8.33. The highest BCUT2D eigenvalue weighted by atomic mass is 35.5. The number of nitrogens with two attached hydrogens (primary N) is 1. The lowest BCUT2D eigenvalue weighted by Gasteiger charge is -2.26. The largest absolute Gasteiger partial charge is 0.355 e. The van der Waals surface area contributed by atoms with Gasteiger partial charge in [0.15, 0.2) is 5.65 Å². The molecule has 35 heavy (non-hydrogen) atoms. The first-order valence-corrected chi connectivity index (χ1v) is 12.0. The number of aromatic nitrogens is 6. The highest BCUT2D eigenvalue weighted by molar-refractivity contribution is 6.38. The van der Waals surface area contributed by atoms with Gasteiger partial charge >= 0.3 is 0 Å². The standard InChI is InChI=1S/C25H22ClFN8/c26-21-13(5-6-19-14(21)9-30-32-19)22-23-24(34-33-22)31-20(10-29-23)35-8-7-15-17(11-35)25(15,12-28)16-3-1-2-4-18(16)27/h1-6,9-10,15,17H,7-8,11-12,28H2,(H,30,32)(H,31,33,34)/t15-,17+,25-/m1/s1. The lowest BCUT2D eigenvalue weighted by molar-refractivity contribution is 0.533. The molecule has 5 aromatic rings. The first-order valence-electron chi connectivity index (χ1n) is 11.7. The third kappa shape index (κ3) is 2.88. The van der Waals surface area contributed by atoms with Gasteiger partial charge in [0.05, 0.1) is 16.7 Å². The summed E-state index contributed by atoms with van der Waals surface area (Å²) in [5.41, 5.74) is 10.1. The molecule has 4 heterocycles. The van der Waals surface area contributed by atoms with Crippen molar-refractivity contribution in [2.24, 2.45) is 17.6 Å². The maximum Gasteiger partial charge on any atom is 0.177 e. The second kappa shape index (κ2) is 7.47. The first kappa shape index (κ1) is 20.8. The van der Waals surface area contributed by atoms with Crippen LogP contribution >= 0.6 is 11.6 Å². The van der Waals surface area contributed by atoms with Crippen LogP contribution in [0.4, 0.5) is 10.2 Å². The van der Waals surface area contributed by atoms with Crippen molar-refractivity contribution in [3.05, 3.63) is 65.2 Å². The maximum absolute atomic E-state index is 14.7. The maximum atomic E-state index is 14.7. The Balaban J connectivity index is 1.20. The van der Waals surface area contributed by atoms with E-state index >= 15 is 0 Å². The van der Waals surface area contributed by atoms with Crippen LogP contribution in [0, 0.1) is 17.7 Å². The van der Waals surface area contributed by atoms with E-state index in [4.69, 9.17) is 27.3 Å². The van der Waals surface area contributed by atoms with Gasteiger partial charge in [-0.3, -0.25) is 10.2 Å². The van der Waals surface area contributed by atoms with Crippen molar-refractivity contribution in [2.45, 2.75) is 11.8 Å². The van der Waals surface area contributed by atoms with E-state index in [0.717, 1.165) is 47.4 Å². The van der Waals surface area contributed by atoms with Gasteiger partial charge in [-0.15, -0.1) is 0 Å². The molecule has 2 aliphatic rings. The molecule has 3 aromatic heterocycles. The summed E-state index contributed by atoms with van der Waals surface area (Å²) in [6.45, 7) is 2.02. The second-order valence-corrected chi connectivity index (χ2v) is 9.79. The van der Waals surface area contributed by atoms with Gasteiger partial charge in [-0.05, 0) is 42.0 Å². The summed E-state index contributed by atoms with van der Waals surface area (Å²) in [5, 5.41) is 15.9. The quantitative estimate of drug-likeness (QED) is 0.352. The summed E-state index contributed by atoms with van der Waals surface area (Å²) in [7, 11) is 0. The molecule has 0 spiro atoms. The van der Waals surface area contributed by atoms with Crippen LogP contribution < -0.4 is 10.6 Å². The van der Waals surface area contributed by atoms with Crippen LogP contribution in [0.15, 0.2) is 48.8 Å². The summed E-state index contributed by atoms with van der Waals surface area (Å²) >= 11 is 6.64. The number of rotatable bonds is 4. The van der Waals surface area contributed by atoms with Crippen molar-refractivity contribution >= 4 is 39.5 Å². The van der Waals surface area contributed by atoms with Gasteiger partial charge in [-0.25, -0.2) is 14.4 Å². The smallest absolute Gasteiger partial charge is 0.177 e. The van der Waals surface area contributed by atoms with Crippen molar-refractivity contribution in [1.82, 2.24) is 30.4 Å². The van der Waals surface area contributed by atoms with E-state index in [-0.39, 0.29) is 17.2 Å². The zero-order valence-corrected chi connectivity index (χ0v) is 19.4. The Kier molecular flexibility index (Phi) is 4.43. The molecule has 0 radical (unpaired) electrons. The molecule has 7 rings (SSSR count). The molecule has 4 N–H and O–H groups in total. The number of nitrogens with zero attached hydrogens (tertiary/aromatic N) is 5. The molecule has 2 fully saturated rings. The molecule has 0 unspecified atom stereocenters. The van der Waals surface area contributed by atoms with Crippen molar-refractivity contribution in [3.63, 3.8) is 0 Å². The number of benzene rings is 2. The summed E-state index contributed by atoms with van der Waals surface area (Å²) in [6.07, 6.45) is 4.48. The van der Waals surface area contributed by atoms with Gasteiger partial charge in [-0.1, -0.05) is 29.8 Å². The zero-order chi connectivity index (χ0) is 23.7. The number of piperidine rings is 1. The summed E-state index contributed by atoms with van der Waals surface area (Å²) in [6, 6.07) is 10.8. The molecule has 0 amide bonds. The second-order valence-electron chi connectivity index (χ2n) is 9.41. The van der Waals surface area contributed by atoms with Crippen molar-refractivity contribution in [3.8, 4) is 11.3 Å². The lowest BCUT2D eigenvalue weighted by Crippen LogP contribution is -2.32. The van der Waals surface area contributed by atoms with Crippen LogP contribution in [0.2, 0.25) is 5.02 Å². The van der Waals surface area contributed by atoms with Crippen LogP contribution in [0.25, 0.3) is 33.3 Å². The highest BCUT2D eigenvalue weighted by Crippen LogP contribution is 2.63. The van der Waals surface area contributed by atoms with E-state index in [1.54, 1.807) is 18.5 Å². The van der Waals surface area contributed by atoms with Crippen LogP contribution in [0.5, 0.6) is 0 Å². The molecule has 10 heteroatoms. The van der Waals surface area contributed by atoms with Crippen LogP contribution in [-0.2, 0) is 5.41 Å². The molecule has 1 aliphatic carbocycles.